The van der Waals surface area contributed by atoms with Crippen LogP contribution in [0.2, 0.25) is 0 Å². The van der Waals surface area contributed by atoms with Crippen LogP contribution in [0.15, 0.2) is 18.2 Å². The molecule has 0 radical (unpaired) electrons. The molecular weight excluding hydrogens is 238 g/mol. The van der Waals surface area contributed by atoms with Crippen LogP contribution in [0.25, 0.3) is 0 Å². The summed E-state index contributed by atoms with van der Waals surface area (Å²) in [7, 11) is 1.63. The van der Waals surface area contributed by atoms with Gasteiger partial charge in [0.1, 0.15) is 5.75 Å². The summed E-state index contributed by atoms with van der Waals surface area (Å²) < 4.78 is 5.39. The van der Waals surface area contributed by atoms with E-state index in [4.69, 9.17) is 4.74 Å². The quantitative estimate of drug-likeness (QED) is 0.828. The summed E-state index contributed by atoms with van der Waals surface area (Å²) in [6.45, 7) is 6.26. The maximum Gasteiger partial charge on any atom is 0.166 e. The van der Waals surface area contributed by atoms with Gasteiger partial charge in [0.05, 0.1) is 12.7 Å². The highest BCUT2D eigenvalue weighted by molar-refractivity contribution is 5.98. The molecule has 1 unspecified atom stereocenters. The van der Waals surface area contributed by atoms with Crippen LogP contribution < -0.4 is 10.1 Å². The van der Waals surface area contributed by atoms with Crippen LogP contribution in [0.5, 0.6) is 5.75 Å². The molecule has 3 heteroatoms. The van der Waals surface area contributed by atoms with Gasteiger partial charge in [-0.3, -0.25) is 4.79 Å². The number of nitrogens with one attached hydrogen (secondary N) is 1. The smallest absolute Gasteiger partial charge is 0.166 e. The van der Waals surface area contributed by atoms with Gasteiger partial charge in [0.2, 0.25) is 0 Å². The second kappa shape index (κ2) is 6.20. The standard InChI is InChI=1S/C16H23NO2/c1-11(2)13-4-5-14(16(9-13)19-3)15(18)8-12-6-7-17-10-12/h4-5,9,11-12,17H,6-8,10H2,1-3H3. The molecule has 1 aliphatic heterocycles. The monoisotopic (exact) mass is 261 g/mol. The Labute approximate surface area is 115 Å². The van der Waals surface area contributed by atoms with E-state index in [-0.39, 0.29) is 5.78 Å². The van der Waals surface area contributed by atoms with Crippen LogP contribution in [0.3, 0.4) is 0 Å². The number of hydrogen-bond acceptors (Lipinski definition) is 3. The van der Waals surface area contributed by atoms with Crippen molar-refractivity contribution in [3.05, 3.63) is 29.3 Å². The second-order valence-corrected chi connectivity index (χ2v) is 5.60. The van der Waals surface area contributed by atoms with Crippen molar-refractivity contribution in [3.8, 4) is 5.75 Å². The fourth-order valence-corrected chi connectivity index (χ4v) is 2.56. The molecule has 1 fully saturated rings. The molecule has 0 aromatic heterocycles. The fraction of sp³-hybridized carbons (Fsp3) is 0.562. The Balaban J connectivity index is 2.15. The number of rotatable bonds is 5. The van der Waals surface area contributed by atoms with Gasteiger partial charge in [-0.1, -0.05) is 19.9 Å². The number of benzene rings is 1. The predicted molar refractivity (Wildman–Crippen MR) is 77.0 cm³/mol. The molecule has 2 rings (SSSR count). The number of ketones is 1. The van der Waals surface area contributed by atoms with E-state index in [1.54, 1.807) is 7.11 Å². The summed E-state index contributed by atoms with van der Waals surface area (Å²) in [5.74, 6) is 1.82. The zero-order valence-electron chi connectivity index (χ0n) is 12.0. The highest BCUT2D eigenvalue weighted by atomic mass is 16.5. The average molecular weight is 261 g/mol. The van der Waals surface area contributed by atoms with E-state index in [9.17, 15) is 4.79 Å². The van der Waals surface area contributed by atoms with Crippen LogP contribution in [0.4, 0.5) is 0 Å². The van der Waals surface area contributed by atoms with Gasteiger partial charge < -0.3 is 10.1 Å². The molecular formula is C16H23NO2. The Kier molecular flexibility index (Phi) is 4.59. The topological polar surface area (TPSA) is 38.3 Å². The number of ether oxygens (including phenoxy) is 1. The van der Waals surface area contributed by atoms with Crippen molar-refractivity contribution in [1.82, 2.24) is 5.32 Å². The first-order valence-electron chi connectivity index (χ1n) is 7.03. The minimum atomic E-state index is 0.195. The van der Waals surface area contributed by atoms with Crippen molar-refractivity contribution in [2.24, 2.45) is 5.92 Å². The third kappa shape index (κ3) is 3.35. The molecule has 1 heterocycles. The van der Waals surface area contributed by atoms with Crippen molar-refractivity contribution < 1.29 is 9.53 Å². The third-order valence-corrected chi connectivity index (χ3v) is 3.83. The van der Waals surface area contributed by atoms with Crippen LogP contribution in [-0.4, -0.2) is 26.0 Å². The molecule has 104 valence electrons. The molecule has 19 heavy (non-hydrogen) atoms. The van der Waals surface area contributed by atoms with E-state index in [2.05, 4.69) is 19.2 Å². The first-order valence-corrected chi connectivity index (χ1v) is 7.03. The molecule has 1 aromatic rings. The Bertz CT molecular complexity index is 448. The summed E-state index contributed by atoms with van der Waals surface area (Å²) in [4.78, 5) is 12.4. The Hall–Kier alpha value is -1.35. The molecule has 1 saturated heterocycles. The normalized spacial score (nSPS) is 18.8. The summed E-state index contributed by atoms with van der Waals surface area (Å²) in [5.41, 5.74) is 1.93. The number of hydrogen-bond donors (Lipinski definition) is 1. The summed E-state index contributed by atoms with van der Waals surface area (Å²) in [6, 6.07) is 5.94. The van der Waals surface area contributed by atoms with Gasteiger partial charge in [-0.15, -0.1) is 0 Å². The first-order chi connectivity index (χ1) is 9.11. The molecule has 0 aliphatic carbocycles. The van der Waals surface area contributed by atoms with Crippen molar-refractivity contribution >= 4 is 5.78 Å². The van der Waals surface area contributed by atoms with E-state index in [0.717, 1.165) is 25.1 Å². The van der Waals surface area contributed by atoms with Gasteiger partial charge >= 0.3 is 0 Å². The van der Waals surface area contributed by atoms with E-state index in [0.29, 0.717) is 24.0 Å². The second-order valence-electron chi connectivity index (χ2n) is 5.60. The summed E-state index contributed by atoms with van der Waals surface area (Å²) in [6.07, 6.45) is 1.71. The molecule has 3 nitrogen and oxygen atoms in total. The van der Waals surface area contributed by atoms with Gasteiger partial charge in [-0.05, 0) is 49.0 Å². The highest BCUT2D eigenvalue weighted by Gasteiger charge is 2.21. The molecule has 0 amide bonds. The number of Topliss-reactive ketones (excluding diaryl/α,β-unsaturated/α-hetero) is 1. The Morgan fingerprint density at radius 1 is 1.47 bits per heavy atom. The molecule has 0 saturated carbocycles. The lowest BCUT2D eigenvalue weighted by atomic mass is 9.94. The highest BCUT2D eigenvalue weighted by Crippen LogP contribution is 2.27. The molecule has 1 N–H and O–H groups in total. The largest absolute Gasteiger partial charge is 0.496 e. The van der Waals surface area contributed by atoms with Crippen molar-refractivity contribution in [2.75, 3.05) is 20.2 Å². The van der Waals surface area contributed by atoms with Crippen LogP contribution in [0, 0.1) is 5.92 Å². The van der Waals surface area contributed by atoms with Crippen molar-refractivity contribution in [1.29, 1.82) is 0 Å². The van der Waals surface area contributed by atoms with Crippen LogP contribution in [0.1, 0.15) is 48.5 Å². The SMILES string of the molecule is COc1cc(C(C)C)ccc1C(=O)CC1CCNC1. The van der Waals surface area contributed by atoms with Gasteiger partial charge in [-0.25, -0.2) is 0 Å². The molecule has 1 aliphatic rings. The van der Waals surface area contributed by atoms with Gasteiger partial charge in [0, 0.05) is 6.42 Å². The van der Waals surface area contributed by atoms with E-state index in [1.807, 2.05) is 18.2 Å². The van der Waals surface area contributed by atoms with Gasteiger partial charge in [0.25, 0.3) is 0 Å². The first kappa shape index (κ1) is 14.1. The van der Waals surface area contributed by atoms with E-state index >= 15 is 0 Å². The maximum atomic E-state index is 12.4. The van der Waals surface area contributed by atoms with E-state index < -0.39 is 0 Å². The maximum absolute atomic E-state index is 12.4. The Morgan fingerprint density at radius 2 is 2.26 bits per heavy atom. The third-order valence-electron chi connectivity index (χ3n) is 3.83. The molecule has 0 bridgehead atoms. The minimum Gasteiger partial charge on any atom is -0.496 e. The predicted octanol–water partition coefficient (Wildman–Crippen LogP) is 3.00. The summed E-state index contributed by atoms with van der Waals surface area (Å²) in [5, 5.41) is 3.30. The van der Waals surface area contributed by atoms with Gasteiger partial charge in [-0.2, -0.15) is 0 Å². The number of methoxy groups -OCH3 is 1. The molecule has 1 atom stereocenters. The zero-order chi connectivity index (χ0) is 13.8. The van der Waals surface area contributed by atoms with Crippen LogP contribution >= 0.6 is 0 Å². The number of carbonyl (C=O) groups excluding carboxylic acids is 1. The van der Waals surface area contributed by atoms with E-state index in [1.165, 1.54) is 5.56 Å². The summed E-state index contributed by atoms with van der Waals surface area (Å²) >= 11 is 0. The fourth-order valence-electron chi connectivity index (χ4n) is 2.56. The zero-order valence-corrected chi connectivity index (χ0v) is 12.0. The van der Waals surface area contributed by atoms with Gasteiger partial charge in [0.15, 0.2) is 5.78 Å². The lowest BCUT2D eigenvalue weighted by Crippen LogP contribution is -2.13. The average Bonchev–Trinajstić information content (AvgIpc) is 2.90. The van der Waals surface area contributed by atoms with Crippen molar-refractivity contribution in [3.63, 3.8) is 0 Å². The number of carbonyl (C=O) groups is 1. The Morgan fingerprint density at radius 3 is 2.84 bits per heavy atom. The lowest BCUT2D eigenvalue weighted by Gasteiger charge is -2.13. The van der Waals surface area contributed by atoms with Crippen molar-refractivity contribution in [2.45, 2.75) is 32.6 Å². The molecule has 0 spiro atoms. The molecule has 1 aromatic carbocycles. The lowest BCUT2D eigenvalue weighted by molar-refractivity contribution is 0.0961. The van der Waals surface area contributed by atoms with Crippen LogP contribution in [-0.2, 0) is 0 Å². The minimum absolute atomic E-state index is 0.195.